The Labute approximate surface area is 507 Å². The second-order valence-electron chi connectivity index (χ2n) is 23.8. The van der Waals surface area contributed by atoms with Crippen molar-refractivity contribution in [1.82, 2.24) is 5.32 Å². The number of unbranched alkanes of at least 4 members (excludes halogenated alkanes) is 30. The van der Waals surface area contributed by atoms with Crippen LogP contribution >= 0.6 is 7.82 Å². The lowest BCUT2D eigenvalue weighted by molar-refractivity contribution is -0.870. The number of allylic oxidation sites excluding steroid dienone is 19. The number of hydrogen-bond acceptors (Lipinski definition) is 6. The van der Waals surface area contributed by atoms with Gasteiger partial charge in [0.05, 0.1) is 39.9 Å². The van der Waals surface area contributed by atoms with Gasteiger partial charge in [-0.25, -0.2) is 0 Å². The van der Waals surface area contributed by atoms with Crippen LogP contribution in [0.5, 0.6) is 0 Å². The molecule has 0 fully saturated rings. The summed E-state index contributed by atoms with van der Waals surface area (Å²) >= 11 is 0. The van der Waals surface area contributed by atoms with Crippen molar-refractivity contribution in [3.8, 4) is 0 Å². The van der Waals surface area contributed by atoms with Gasteiger partial charge in [-0.05, 0) is 96.3 Å². The van der Waals surface area contributed by atoms with E-state index >= 15 is 0 Å². The Morgan fingerprint density at radius 3 is 1.13 bits per heavy atom. The van der Waals surface area contributed by atoms with Crippen molar-refractivity contribution < 1.29 is 32.9 Å². The van der Waals surface area contributed by atoms with Crippen LogP contribution in [0, 0.1) is 0 Å². The van der Waals surface area contributed by atoms with Gasteiger partial charge < -0.3 is 28.8 Å². The van der Waals surface area contributed by atoms with Gasteiger partial charge in [0.2, 0.25) is 5.91 Å². The predicted molar refractivity (Wildman–Crippen MR) is 357 cm³/mol. The third kappa shape index (κ3) is 64.5. The van der Waals surface area contributed by atoms with Gasteiger partial charge in [0.1, 0.15) is 13.2 Å². The fraction of sp³-hybridized carbons (Fsp3) is 0.712. The molecular formula is C73H129N2O6P. The van der Waals surface area contributed by atoms with E-state index in [1.807, 2.05) is 27.2 Å². The van der Waals surface area contributed by atoms with E-state index in [2.05, 4.69) is 129 Å². The number of carbonyl (C=O) groups is 1. The molecule has 3 unspecified atom stereocenters. The lowest BCUT2D eigenvalue weighted by Gasteiger charge is -2.29. The van der Waals surface area contributed by atoms with Crippen LogP contribution in [0.1, 0.15) is 284 Å². The number of rotatable bonds is 61. The lowest BCUT2D eigenvalue weighted by Crippen LogP contribution is -2.45. The van der Waals surface area contributed by atoms with Crippen LogP contribution in [0.4, 0.5) is 0 Å². The molecule has 3 atom stereocenters. The minimum Gasteiger partial charge on any atom is -0.756 e. The van der Waals surface area contributed by atoms with Crippen molar-refractivity contribution in [3.05, 3.63) is 122 Å². The molecule has 2 N–H and O–H groups in total. The molecule has 0 aliphatic carbocycles. The van der Waals surface area contributed by atoms with Crippen molar-refractivity contribution in [3.63, 3.8) is 0 Å². The number of phosphoric ester groups is 1. The van der Waals surface area contributed by atoms with E-state index < -0.39 is 26.6 Å². The molecule has 472 valence electrons. The van der Waals surface area contributed by atoms with Crippen molar-refractivity contribution >= 4 is 13.7 Å². The number of aliphatic hydroxyl groups excluding tert-OH is 1. The Bertz CT molecular complexity index is 1750. The average molecular weight is 1160 g/mol. The van der Waals surface area contributed by atoms with Crippen LogP contribution in [0.15, 0.2) is 122 Å². The molecule has 8 nitrogen and oxygen atoms in total. The molecular weight excluding hydrogens is 1030 g/mol. The van der Waals surface area contributed by atoms with E-state index in [9.17, 15) is 19.4 Å². The molecule has 0 aromatic rings. The summed E-state index contributed by atoms with van der Waals surface area (Å²) in [5.41, 5.74) is 0. The van der Waals surface area contributed by atoms with Crippen molar-refractivity contribution in [2.75, 3.05) is 40.9 Å². The van der Waals surface area contributed by atoms with E-state index in [4.69, 9.17) is 9.05 Å². The fourth-order valence-corrected chi connectivity index (χ4v) is 10.1. The topological polar surface area (TPSA) is 108 Å². The monoisotopic (exact) mass is 1160 g/mol. The maximum Gasteiger partial charge on any atom is 0.268 e. The van der Waals surface area contributed by atoms with Crippen molar-refractivity contribution in [2.45, 2.75) is 296 Å². The molecule has 1 amide bonds. The summed E-state index contributed by atoms with van der Waals surface area (Å²) in [6.45, 7) is 4.52. The highest BCUT2D eigenvalue weighted by molar-refractivity contribution is 7.45. The zero-order valence-corrected chi connectivity index (χ0v) is 54.8. The predicted octanol–water partition coefficient (Wildman–Crippen LogP) is 21.0. The first-order chi connectivity index (χ1) is 40.0. The SMILES string of the molecule is CC/C=C\C/C=C\C/C=C\C/C=C\C/C=C\C/C=C\C/C=C\C/C=C\CCCCCCCCC(=O)NC(COP(=O)([O-])OCC[N+](C)(C)C)C(O)/C=C/CC/C=C/CCCCCCCCCCCCCCCCCCCCCCCCC. The molecule has 0 saturated heterocycles. The second kappa shape index (κ2) is 62.4. The molecule has 0 aliphatic heterocycles. The van der Waals surface area contributed by atoms with Crippen LogP contribution in [0.25, 0.3) is 0 Å². The Balaban J connectivity index is 4.23. The maximum atomic E-state index is 13.0. The molecule has 0 rings (SSSR count). The number of hydrogen-bond donors (Lipinski definition) is 2. The number of nitrogens with one attached hydrogen (secondary N) is 1. The molecule has 82 heavy (non-hydrogen) atoms. The van der Waals surface area contributed by atoms with Crippen molar-refractivity contribution in [1.29, 1.82) is 0 Å². The number of quaternary nitrogens is 1. The molecule has 0 saturated carbocycles. The fourth-order valence-electron chi connectivity index (χ4n) is 9.42. The maximum absolute atomic E-state index is 13.0. The molecule has 0 heterocycles. The van der Waals surface area contributed by atoms with Crippen LogP contribution in [-0.2, 0) is 18.4 Å². The van der Waals surface area contributed by atoms with Gasteiger partial charge in [-0.15, -0.1) is 0 Å². The average Bonchev–Trinajstić information content (AvgIpc) is 3.47. The van der Waals surface area contributed by atoms with E-state index in [1.165, 1.54) is 148 Å². The quantitative estimate of drug-likeness (QED) is 0.0272. The first-order valence-corrected chi connectivity index (χ1v) is 35.4. The van der Waals surface area contributed by atoms with Gasteiger partial charge in [-0.3, -0.25) is 9.36 Å². The highest BCUT2D eigenvalue weighted by atomic mass is 31.2. The summed E-state index contributed by atoms with van der Waals surface area (Å²) in [6, 6.07) is -0.923. The number of nitrogens with zero attached hydrogens (tertiary/aromatic N) is 1. The van der Waals surface area contributed by atoms with Crippen LogP contribution < -0.4 is 10.2 Å². The zero-order valence-electron chi connectivity index (χ0n) is 53.9. The van der Waals surface area contributed by atoms with Crippen LogP contribution in [-0.4, -0.2) is 68.5 Å². The van der Waals surface area contributed by atoms with Gasteiger partial charge in [-0.1, -0.05) is 302 Å². The summed E-state index contributed by atoms with van der Waals surface area (Å²) in [5.74, 6) is -0.224. The summed E-state index contributed by atoms with van der Waals surface area (Å²) in [7, 11) is 1.22. The van der Waals surface area contributed by atoms with Gasteiger partial charge in [0, 0.05) is 6.42 Å². The Hall–Kier alpha value is -3.10. The minimum atomic E-state index is -4.63. The number of amides is 1. The smallest absolute Gasteiger partial charge is 0.268 e. The zero-order chi connectivity index (χ0) is 59.8. The minimum absolute atomic E-state index is 0.0158. The summed E-state index contributed by atoms with van der Waals surface area (Å²) in [4.78, 5) is 25.6. The third-order valence-corrected chi connectivity index (χ3v) is 15.6. The summed E-state index contributed by atoms with van der Waals surface area (Å²) in [5, 5.41) is 13.9. The molecule has 0 radical (unpaired) electrons. The number of likely N-dealkylation sites (N-methyl/N-ethyl adjacent to an activating group) is 1. The van der Waals surface area contributed by atoms with Gasteiger partial charge in [-0.2, -0.15) is 0 Å². The summed E-state index contributed by atoms with van der Waals surface area (Å²) in [6.07, 6.45) is 93.1. The van der Waals surface area contributed by atoms with Gasteiger partial charge in [0.25, 0.3) is 7.82 Å². The van der Waals surface area contributed by atoms with E-state index in [0.717, 1.165) is 116 Å². The highest BCUT2D eigenvalue weighted by Crippen LogP contribution is 2.38. The van der Waals surface area contributed by atoms with Gasteiger partial charge in [0.15, 0.2) is 0 Å². The number of aliphatic hydroxyl groups is 1. The standard InChI is InChI=1S/C73H129N2O6P/c1-6-8-10-12-14-16-18-20-22-24-26-28-30-32-34-36-37-39-41-43-45-47-49-51-53-55-57-59-61-63-65-67-73(77)74-71(70-81-82(78,79)80-69-68-75(3,4)5)72(76)66-64-62-60-58-56-54-52-50-48-46-44-42-40-38-35-33-31-29-27-25-23-21-19-17-15-13-11-9-7-2/h8,10,14,16,20,22,26,28,32,34,37,39,43,45,49,51,56,58,64,66,71-72,76H,6-7,9,11-13,15,17-19,21,23-25,27,29-31,33,35-36,38,40-42,44,46-48,50,52-55,57,59-63,65,67-70H2,1-5H3,(H-,74,77,78,79)/b10-8-,16-14-,22-20-,28-26-,34-32-,39-37-,45-43-,51-49-,58-56+,66-64+. The Kier molecular flexibility index (Phi) is 60.1. The lowest BCUT2D eigenvalue weighted by atomic mass is 10.0. The first-order valence-electron chi connectivity index (χ1n) is 33.9. The van der Waals surface area contributed by atoms with Gasteiger partial charge >= 0.3 is 0 Å². The summed E-state index contributed by atoms with van der Waals surface area (Å²) < 4.78 is 23.4. The Morgan fingerprint density at radius 2 is 0.756 bits per heavy atom. The molecule has 0 aromatic carbocycles. The largest absolute Gasteiger partial charge is 0.756 e. The Morgan fingerprint density at radius 1 is 0.439 bits per heavy atom. The molecule has 0 aromatic heterocycles. The molecule has 9 heteroatoms. The second-order valence-corrected chi connectivity index (χ2v) is 25.2. The first kappa shape index (κ1) is 78.9. The number of carbonyl (C=O) groups excluding carboxylic acids is 1. The molecule has 0 aliphatic rings. The highest BCUT2D eigenvalue weighted by Gasteiger charge is 2.23. The van der Waals surface area contributed by atoms with E-state index in [0.29, 0.717) is 17.4 Å². The van der Waals surface area contributed by atoms with Crippen molar-refractivity contribution in [2.24, 2.45) is 0 Å². The van der Waals surface area contributed by atoms with E-state index in [-0.39, 0.29) is 12.5 Å². The molecule has 0 bridgehead atoms. The van der Waals surface area contributed by atoms with Crippen LogP contribution in [0.2, 0.25) is 0 Å². The number of phosphoric acid groups is 1. The normalized spacial score (nSPS) is 14.5. The third-order valence-electron chi connectivity index (χ3n) is 14.7. The van der Waals surface area contributed by atoms with E-state index in [1.54, 1.807) is 6.08 Å². The van der Waals surface area contributed by atoms with Crippen LogP contribution in [0.3, 0.4) is 0 Å². The molecule has 0 spiro atoms.